The molecule has 0 aliphatic heterocycles. The SMILES string of the molecule is CSc1nnc(CCCNc2nc(C)cc(C)n2)n1C1CCCC1. The molecule has 0 unspecified atom stereocenters. The third-order valence-corrected chi connectivity index (χ3v) is 5.09. The van der Waals surface area contributed by atoms with Crippen molar-refractivity contribution in [1.82, 2.24) is 24.7 Å². The lowest BCUT2D eigenvalue weighted by Gasteiger charge is -2.16. The number of aryl methyl sites for hydroxylation is 3. The van der Waals surface area contributed by atoms with Gasteiger partial charge in [0, 0.05) is 30.4 Å². The summed E-state index contributed by atoms with van der Waals surface area (Å²) < 4.78 is 2.38. The van der Waals surface area contributed by atoms with Crippen molar-refractivity contribution in [3.63, 3.8) is 0 Å². The molecular weight excluding hydrogens is 320 g/mol. The lowest BCUT2D eigenvalue weighted by atomic mass is 10.2. The molecule has 1 fully saturated rings. The van der Waals surface area contributed by atoms with E-state index in [2.05, 4.69) is 36.3 Å². The molecule has 0 saturated heterocycles. The zero-order chi connectivity index (χ0) is 16.9. The highest BCUT2D eigenvalue weighted by molar-refractivity contribution is 7.98. The Labute approximate surface area is 147 Å². The quantitative estimate of drug-likeness (QED) is 0.610. The average Bonchev–Trinajstić information content (AvgIpc) is 3.19. The second-order valence-corrected chi connectivity index (χ2v) is 7.19. The van der Waals surface area contributed by atoms with Gasteiger partial charge in [-0.1, -0.05) is 24.6 Å². The Morgan fingerprint density at radius 3 is 2.54 bits per heavy atom. The Bertz CT molecular complexity index is 657. The van der Waals surface area contributed by atoms with E-state index in [1.165, 1.54) is 25.7 Å². The van der Waals surface area contributed by atoms with E-state index < -0.39 is 0 Å². The number of nitrogens with one attached hydrogen (secondary N) is 1. The van der Waals surface area contributed by atoms with Crippen LogP contribution in [-0.2, 0) is 6.42 Å². The minimum atomic E-state index is 0.591. The number of hydrogen-bond donors (Lipinski definition) is 1. The minimum Gasteiger partial charge on any atom is -0.354 e. The molecule has 24 heavy (non-hydrogen) atoms. The summed E-state index contributed by atoms with van der Waals surface area (Å²) in [5, 5.41) is 13.2. The number of aromatic nitrogens is 5. The summed E-state index contributed by atoms with van der Waals surface area (Å²) in [5.41, 5.74) is 1.99. The van der Waals surface area contributed by atoms with Crippen LogP contribution in [-0.4, -0.2) is 37.5 Å². The summed E-state index contributed by atoms with van der Waals surface area (Å²) in [5.74, 6) is 1.84. The predicted molar refractivity (Wildman–Crippen MR) is 97.6 cm³/mol. The molecule has 2 heterocycles. The molecule has 2 aromatic rings. The molecule has 1 N–H and O–H groups in total. The molecule has 0 radical (unpaired) electrons. The molecule has 1 aliphatic carbocycles. The van der Waals surface area contributed by atoms with E-state index in [-0.39, 0.29) is 0 Å². The molecule has 3 rings (SSSR count). The maximum Gasteiger partial charge on any atom is 0.223 e. The van der Waals surface area contributed by atoms with Gasteiger partial charge < -0.3 is 9.88 Å². The zero-order valence-electron chi connectivity index (χ0n) is 14.7. The van der Waals surface area contributed by atoms with Gasteiger partial charge in [0.2, 0.25) is 5.95 Å². The largest absolute Gasteiger partial charge is 0.354 e. The fraction of sp³-hybridized carbons (Fsp3) is 0.647. The number of nitrogens with zero attached hydrogens (tertiary/aromatic N) is 5. The maximum atomic E-state index is 4.44. The molecule has 6 nitrogen and oxygen atoms in total. The Hall–Kier alpha value is -1.63. The highest BCUT2D eigenvalue weighted by atomic mass is 32.2. The van der Waals surface area contributed by atoms with E-state index in [9.17, 15) is 0 Å². The lowest BCUT2D eigenvalue weighted by molar-refractivity contribution is 0.461. The van der Waals surface area contributed by atoms with E-state index >= 15 is 0 Å². The van der Waals surface area contributed by atoms with Gasteiger partial charge in [-0.25, -0.2) is 9.97 Å². The predicted octanol–water partition coefficient (Wildman–Crippen LogP) is 3.57. The van der Waals surface area contributed by atoms with Crippen molar-refractivity contribution < 1.29 is 0 Å². The summed E-state index contributed by atoms with van der Waals surface area (Å²) in [7, 11) is 0. The van der Waals surface area contributed by atoms with Crippen LogP contribution in [0.3, 0.4) is 0 Å². The van der Waals surface area contributed by atoms with Crippen molar-refractivity contribution in [2.24, 2.45) is 0 Å². The van der Waals surface area contributed by atoms with Crippen LogP contribution in [0.1, 0.15) is 55.4 Å². The van der Waals surface area contributed by atoms with Gasteiger partial charge >= 0.3 is 0 Å². The van der Waals surface area contributed by atoms with Gasteiger partial charge in [-0.2, -0.15) is 0 Å². The smallest absolute Gasteiger partial charge is 0.223 e. The summed E-state index contributed by atoms with van der Waals surface area (Å²) in [6.07, 6.45) is 9.17. The van der Waals surface area contributed by atoms with Crippen LogP contribution in [0.5, 0.6) is 0 Å². The zero-order valence-corrected chi connectivity index (χ0v) is 15.6. The van der Waals surface area contributed by atoms with E-state index in [1.807, 2.05) is 19.9 Å². The van der Waals surface area contributed by atoms with E-state index in [0.29, 0.717) is 6.04 Å². The Morgan fingerprint density at radius 1 is 1.17 bits per heavy atom. The number of rotatable bonds is 7. The van der Waals surface area contributed by atoms with E-state index in [4.69, 9.17) is 0 Å². The first kappa shape index (κ1) is 17.2. The van der Waals surface area contributed by atoms with Gasteiger partial charge in [0.25, 0.3) is 0 Å². The Balaban J connectivity index is 1.57. The van der Waals surface area contributed by atoms with Crippen LogP contribution >= 0.6 is 11.8 Å². The number of thioether (sulfide) groups is 1. The van der Waals surface area contributed by atoms with Gasteiger partial charge in [-0.3, -0.25) is 0 Å². The molecular formula is C17H26N6S. The van der Waals surface area contributed by atoms with Gasteiger partial charge in [0.05, 0.1) is 0 Å². The van der Waals surface area contributed by atoms with Crippen LogP contribution in [0.25, 0.3) is 0 Å². The molecule has 130 valence electrons. The van der Waals surface area contributed by atoms with Gasteiger partial charge in [0.1, 0.15) is 5.82 Å². The van der Waals surface area contributed by atoms with E-state index in [1.54, 1.807) is 11.8 Å². The summed E-state index contributed by atoms with van der Waals surface area (Å²) >= 11 is 1.70. The second kappa shape index (κ2) is 7.96. The average molecular weight is 347 g/mol. The molecule has 0 atom stereocenters. The third-order valence-electron chi connectivity index (χ3n) is 4.45. The minimum absolute atomic E-state index is 0.591. The molecule has 0 bridgehead atoms. The fourth-order valence-electron chi connectivity index (χ4n) is 3.40. The molecule has 0 aromatic carbocycles. The monoisotopic (exact) mass is 346 g/mol. The van der Waals surface area contributed by atoms with Crippen LogP contribution < -0.4 is 5.32 Å². The van der Waals surface area contributed by atoms with Gasteiger partial charge in [0.15, 0.2) is 5.16 Å². The van der Waals surface area contributed by atoms with Crippen LogP contribution in [0.4, 0.5) is 5.95 Å². The fourth-order valence-corrected chi connectivity index (χ4v) is 3.97. The second-order valence-electron chi connectivity index (χ2n) is 6.42. The first-order valence-corrected chi connectivity index (χ1v) is 9.94. The molecule has 0 amide bonds. The van der Waals surface area contributed by atoms with Crippen molar-refractivity contribution in [3.05, 3.63) is 23.3 Å². The molecule has 2 aromatic heterocycles. The van der Waals surface area contributed by atoms with Gasteiger partial charge in [-0.05, 0) is 45.4 Å². The van der Waals surface area contributed by atoms with Crippen molar-refractivity contribution in [2.45, 2.75) is 63.6 Å². The first-order chi connectivity index (χ1) is 11.7. The lowest BCUT2D eigenvalue weighted by Crippen LogP contribution is -2.13. The highest BCUT2D eigenvalue weighted by Gasteiger charge is 2.23. The standard InChI is InChI=1S/C17H26N6S/c1-12-11-13(2)20-16(19-12)18-10-6-9-15-21-22-17(24-3)23(15)14-7-4-5-8-14/h11,14H,4-10H2,1-3H3,(H,18,19,20). The van der Waals surface area contributed by atoms with Crippen molar-refractivity contribution in [2.75, 3.05) is 18.1 Å². The molecule has 7 heteroatoms. The van der Waals surface area contributed by atoms with Crippen molar-refractivity contribution in [3.8, 4) is 0 Å². The molecule has 0 spiro atoms. The molecule has 1 aliphatic rings. The van der Waals surface area contributed by atoms with Crippen molar-refractivity contribution >= 4 is 17.7 Å². The molecule has 1 saturated carbocycles. The highest BCUT2D eigenvalue weighted by Crippen LogP contribution is 2.33. The van der Waals surface area contributed by atoms with Gasteiger partial charge in [-0.15, -0.1) is 10.2 Å². The van der Waals surface area contributed by atoms with Crippen LogP contribution in [0.2, 0.25) is 0 Å². The topological polar surface area (TPSA) is 68.5 Å². The summed E-state index contributed by atoms with van der Waals surface area (Å²) in [6.45, 7) is 4.83. The van der Waals surface area contributed by atoms with E-state index in [0.717, 1.165) is 47.7 Å². The normalized spacial score (nSPS) is 15.1. The first-order valence-electron chi connectivity index (χ1n) is 8.71. The summed E-state index contributed by atoms with van der Waals surface area (Å²) in [4.78, 5) is 8.84. The Kier molecular flexibility index (Phi) is 5.71. The van der Waals surface area contributed by atoms with Crippen molar-refractivity contribution in [1.29, 1.82) is 0 Å². The van der Waals surface area contributed by atoms with Crippen LogP contribution in [0.15, 0.2) is 11.2 Å². The number of hydrogen-bond acceptors (Lipinski definition) is 6. The Morgan fingerprint density at radius 2 is 1.88 bits per heavy atom. The number of anilines is 1. The third kappa shape index (κ3) is 4.06. The maximum absolute atomic E-state index is 4.44. The van der Waals surface area contributed by atoms with Crippen LogP contribution in [0, 0.1) is 13.8 Å². The summed E-state index contributed by atoms with van der Waals surface area (Å²) in [6, 6.07) is 2.58.